The van der Waals surface area contributed by atoms with Crippen LogP contribution in [0.4, 0.5) is 0 Å². The first-order chi connectivity index (χ1) is 17.2. The van der Waals surface area contributed by atoms with Gasteiger partial charge in [-0.05, 0) is 44.4 Å². The number of aliphatic hydroxyl groups is 1. The topological polar surface area (TPSA) is 87.2 Å². The molecule has 4 heterocycles. The highest BCUT2D eigenvalue weighted by Crippen LogP contribution is 2.61. The number of allylic oxidation sites excluding steroid dienone is 1. The average molecular weight is 533 g/mol. The minimum absolute atomic E-state index is 0.00260. The monoisotopic (exact) mass is 532 g/mol. The number of carbonyl (C=O) groups excluding carboxylic acids is 3. The zero-order chi connectivity index (χ0) is 27.3. The van der Waals surface area contributed by atoms with Gasteiger partial charge in [-0.3, -0.25) is 14.4 Å². The first-order valence-electron chi connectivity index (χ1n) is 13.7. The van der Waals surface area contributed by atoms with Crippen LogP contribution in [0, 0.1) is 23.2 Å². The Hall–Kier alpha value is -1.80. The van der Waals surface area contributed by atoms with Crippen molar-refractivity contribution in [1.82, 2.24) is 9.80 Å². The van der Waals surface area contributed by atoms with Crippen LogP contribution in [0.5, 0.6) is 0 Å². The maximum atomic E-state index is 14.6. The smallest absolute Gasteiger partial charge is 0.311 e. The highest BCUT2D eigenvalue weighted by Gasteiger charge is 2.72. The third-order valence-electron chi connectivity index (χ3n) is 8.30. The molecule has 0 radical (unpaired) electrons. The van der Waals surface area contributed by atoms with Gasteiger partial charge in [0.05, 0.1) is 35.8 Å². The summed E-state index contributed by atoms with van der Waals surface area (Å²) in [5, 5.41) is 10.2. The lowest BCUT2D eigenvalue weighted by Crippen LogP contribution is -2.61. The summed E-state index contributed by atoms with van der Waals surface area (Å²) in [5.41, 5.74) is -0.455. The average Bonchev–Trinajstić information content (AvgIpc) is 3.17. The van der Waals surface area contributed by atoms with Crippen molar-refractivity contribution in [2.75, 3.05) is 19.8 Å². The second-order valence-corrected chi connectivity index (χ2v) is 14.7. The van der Waals surface area contributed by atoms with Crippen molar-refractivity contribution in [3.05, 3.63) is 24.3 Å². The lowest BCUT2D eigenvalue weighted by atomic mass is 9.78. The van der Waals surface area contributed by atoms with E-state index in [9.17, 15) is 19.5 Å². The molecule has 1 N–H and O–H groups in total. The van der Waals surface area contributed by atoms with E-state index in [1.54, 1.807) is 16.7 Å². The summed E-state index contributed by atoms with van der Waals surface area (Å²) in [6.45, 7) is 15.1. The van der Waals surface area contributed by atoms with Gasteiger partial charge in [0.15, 0.2) is 0 Å². The highest BCUT2D eigenvalue weighted by atomic mass is 32.2. The molecule has 6 atom stereocenters. The maximum Gasteiger partial charge on any atom is 0.311 e. The normalized spacial score (nSPS) is 34.2. The molecule has 37 heavy (non-hydrogen) atoms. The summed E-state index contributed by atoms with van der Waals surface area (Å²) in [7, 11) is 0. The van der Waals surface area contributed by atoms with Crippen molar-refractivity contribution in [3.63, 3.8) is 0 Å². The van der Waals surface area contributed by atoms with E-state index in [-0.39, 0.29) is 41.0 Å². The number of cyclic esters (lactones) is 1. The molecule has 4 rings (SSSR count). The number of ether oxygens (including phenoxy) is 1. The zero-order valence-electron chi connectivity index (χ0n) is 23.4. The maximum absolute atomic E-state index is 14.6. The molecule has 0 aromatic carbocycles. The quantitative estimate of drug-likeness (QED) is 0.428. The molecule has 0 bridgehead atoms. The van der Waals surface area contributed by atoms with Crippen LogP contribution >= 0.6 is 11.8 Å². The summed E-state index contributed by atoms with van der Waals surface area (Å²) in [4.78, 5) is 45.9. The number of aliphatic hydroxyl groups excluding tert-OH is 1. The number of hydrogen-bond donors (Lipinski definition) is 1. The Kier molecular flexibility index (Phi) is 7.67. The Morgan fingerprint density at radius 3 is 2.46 bits per heavy atom. The van der Waals surface area contributed by atoms with Crippen molar-refractivity contribution in [3.8, 4) is 0 Å². The first kappa shape index (κ1) is 28.2. The number of rotatable bonds is 5. The van der Waals surface area contributed by atoms with E-state index >= 15 is 0 Å². The molecule has 8 heteroatoms. The van der Waals surface area contributed by atoms with E-state index in [1.807, 2.05) is 37.0 Å². The van der Waals surface area contributed by atoms with E-state index in [0.717, 1.165) is 19.3 Å². The molecule has 1 spiro atoms. The molecule has 2 saturated heterocycles. The zero-order valence-corrected chi connectivity index (χ0v) is 24.2. The standard InChI is InChI=1S/C29H44N2O5S/c1-18(2)19(16-32)31-23-25(34)30(28(6,7)17-27(3,4)5)14-11-13-29(23)22(24(31)33)21-20(37-29)12-9-8-10-15-36-26(21)35/h9,11-13,18-23,32H,8,10,14-17H2,1-7H3/b12-9-/t19-,20+,21-,22-,23?,29-/m0/s1. The SMILES string of the molecule is CC(C)[C@H](CO)N1C(=O)[C@@H]2[C@H]3C(=O)OCCC/C=C\[C@H]3S[C@@]23C=CCN(C(C)(C)CC(C)(C)C)C(=O)C13. The van der Waals surface area contributed by atoms with E-state index in [0.29, 0.717) is 13.2 Å². The van der Waals surface area contributed by atoms with Gasteiger partial charge in [0.1, 0.15) is 6.04 Å². The molecule has 2 fully saturated rings. The predicted molar refractivity (Wildman–Crippen MR) is 146 cm³/mol. The van der Waals surface area contributed by atoms with Crippen LogP contribution in [0.1, 0.15) is 67.7 Å². The molecule has 206 valence electrons. The molecule has 7 nitrogen and oxygen atoms in total. The number of hydrogen-bond acceptors (Lipinski definition) is 6. The molecule has 0 saturated carbocycles. The van der Waals surface area contributed by atoms with E-state index in [1.165, 1.54) is 0 Å². The summed E-state index contributed by atoms with van der Waals surface area (Å²) in [6.07, 6.45) is 10.5. The van der Waals surface area contributed by atoms with Gasteiger partial charge in [-0.15, -0.1) is 11.8 Å². The van der Waals surface area contributed by atoms with E-state index in [4.69, 9.17) is 4.74 Å². The predicted octanol–water partition coefficient (Wildman–Crippen LogP) is 3.81. The number of nitrogens with zero attached hydrogens (tertiary/aromatic N) is 2. The fourth-order valence-corrected chi connectivity index (χ4v) is 9.10. The van der Waals surface area contributed by atoms with Gasteiger partial charge in [-0.1, -0.05) is 58.9 Å². The van der Waals surface area contributed by atoms with Crippen molar-refractivity contribution < 1.29 is 24.2 Å². The van der Waals surface area contributed by atoms with Crippen LogP contribution in [0.3, 0.4) is 0 Å². The third kappa shape index (κ3) is 4.88. The fraction of sp³-hybridized carbons (Fsp3) is 0.759. The second kappa shape index (κ2) is 10.1. The first-order valence-corrected chi connectivity index (χ1v) is 14.6. The number of thioether (sulfide) groups is 1. The number of esters is 1. The Labute approximate surface area is 226 Å². The molecule has 4 aliphatic heterocycles. The lowest BCUT2D eigenvalue weighted by molar-refractivity contribution is -0.154. The van der Waals surface area contributed by atoms with Crippen LogP contribution in [0.25, 0.3) is 0 Å². The van der Waals surface area contributed by atoms with E-state index in [2.05, 4.69) is 40.7 Å². The van der Waals surface area contributed by atoms with Gasteiger partial charge in [0.2, 0.25) is 11.8 Å². The van der Waals surface area contributed by atoms with Gasteiger partial charge >= 0.3 is 5.97 Å². The number of amides is 2. The van der Waals surface area contributed by atoms with Crippen LogP contribution < -0.4 is 0 Å². The Bertz CT molecular complexity index is 983. The minimum atomic E-state index is -0.902. The molecular weight excluding hydrogens is 488 g/mol. The van der Waals surface area contributed by atoms with Gasteiger partial charge in [-0.25, -0.2) is 0 Å². The van der Waals surface area contributed by atoms with Gasteiger partial charge < -0.3 is 19.6 Å². The molecular formula is C29H44N2O5S. The molecule has 0 aromatic rings. The number of likely N-dealkylation sites (tertiary alicyclic amines) is 1. The number of carbonyl (C=O) groups is 3. The molecule has 2 amide bonds. The Balaban J connectivity index is 1.86. The summed E-state index contributed by atoms with van der Waals surface area (Å²) < 4.78 is 4.73. The van der Waals surface area contributed by atoms with Crippen LogP contribution in [0.15, 0.2) is 24.3 Å². The largest absolute Gasteiger partial charge is 0.465 e. The second-order valence-electron chi connectivity index (χ2n) is 13.2. The van der Waals surface area contributed by atoms with Crippen molar-refractivity contribution in [2.24, 2.45) is 23.2 Å². The van der Waals surface area contributed by atoms with Gasteiger partial charge in [0.25, 0.3) is 0 Å². The Morgan fingerprint density at radius 2 is 1.84 bits per heavy atom. The minimum Gasteiger partial charge on any atom is -0.465 e. The summed E-state index contributed by atoms with van der Waals surface area (Å²) >= 11 is 1.56. The Morgan fingerprint density at radius 1 is 1.14 bits per heavy atom. The van der Waals surface area contributed by atoms with Crippen LogP contribution in [-0.2, 0) is 19.1 Å². The highest BCUT2D eigenvalue weighted by molar-refractivity contribution is 8.02. The molecule has 0 aliphatic carbocycles. The van der Waals surface area contributed by atoms with E-state index < -0.39 is 34.2 Å². The van der Waals surface area contributed by atoms with Crippen LogP contribution in [0.2, 0.25) is 0 Å². The molecule has 0 aromatic heterocycles. The molecule has 4 aliphatic rings. The van der Waals surface area contributed by atoms with Crippen molar-refractivity contribution >= 4 is 29.5 Å². The van der Waals surface area contributed by atoms with Crippen molar-refractivity contribution in [1.29, 1.82) is 0 Å². The number of fused-ring (bicyclic) bond motifs is 2. The van der Waals surface area contributed by atoms with Gasteiger partial charge in [0, 0.05) is 17.3 Å². The van der Waals surface area contributed by atoms with Gasteiger partial charge in [-0.2, -0.15) is 0 Å². The summed E-state index contributed by atoms with van der Waals surface area (Å²) in [6, 6.07) is -1.32. The third-order valence-corrected chi connectivity index (χ3v) is 10.0. The van der Waals surface area contributed by atoms with Crippen LogP contribution in [-0.4, -0.2) is 80.1 Å². The lowest BCUT2D eigenvalue weighted by Gasteiger charge is -2.45. The van der Waals surface area contributed by atoms with Crippen molar-refractivity contribution in [2.45, 2.75) is 95.3 Å². The molecule has 1 unspecified atom stereocenters. The summed E-state index contributed by atoms with van der Waals surface area (Å²) in [5.74, 6) is -2.14. The fourth-order valence-electron chi connectivity index (χ4n) is 7.11.